The van der Waals surface area contributed by atoms with E-state index in [1.54, 1.807) is 0 Å². The largest absolute Gasteiger partial charge is 0.0654 e. The Kier molecular flexibility index (Phi) is 17.1. The van der Waals surface area contributed by atoms with Crippen molar-refractivity contribution in [3.05, 3.63) is 6.92 Å². The molecule has 0 bridgehead atoms. The quantitative estimate of drug-likeness (QED) is 0.254. The van der Waals surface area contributed by atoms with Gasteiger partial charge in [0.15, 0.2) is 0 Å². The van der Waals surface area contributed by atoms with Crippen molar-refractivity contribution in [2.24, 2.45) is 5.92 Å². The Balaban J connectivity index is 3.07. The third-order valence-electron chi connectivity index (χ3n) is 4.50. The van der Waals surface area contributed by atoms with E-state index in [-0.39, 0.29) is 0 Å². The van der Waals surface area contributed by atoms with E-state index in [0.29, 0.717) is 0 Å². The second-order valence-electron chi connectivity index (χ2n) is 6.78. The topological polar surface area (TPSA) is 0 Å². The summed E-state index contributed by atoms with van der Waals surface area (Å²) in [4.78, 5) is 0. The Morgan fingerprint density at radius 1 is 0.600 bits per heavy atom. The van der Waals surface area contributed by atoms with Gasteiger partial charge < -0.3 is 0 Å². The maximum Gasteiger partial charge on any atom is -0.0443 e. The third-order valence-corrected chi connectivity index (χ3v) is 4.50. The van der Waals surface area contributed by atoms with Crippen molar-refractivity contribution in [1.82, 2.24) is 0 Å². The molecule has 1 unspecified atom stereocenters. The van der Waals surface area contributed by atoms with Crippen molar-refractivity contribution in [1.29, 1.82) is 0 Å². The molecule has 0 saturated carbocycles. The molecular weight excluding hydrogens is 240 g/mol. The molecule has 0 aromatic heterocycles. The second kappa shape index (κ2) is 17.1. The van der Waals surface area contributed by atoms with Crippen molar-refractivity contribution in [2.75, 3.05) is 0 Å². The first-order valence-electron chi connectivity index (χ1n) is 9.60. The lowest BCUT2D eigenvalue weighted by atomic mass is 9.96. The average molecular weight is 282 g/mol. The van der Waals surface area contributed by atoms with E-state index in [0.717, 1.165) is 12.3 Å². The van der Waals surface area contributed by atoms with Crippen LogP contribution < -0.4 is 0 Å². The summed E-state index contributed by atoms with van der Waals surface area (Å²) in [7, 11) is 0. The molecule has 0 heteroatoms. The van der Waals surface area contributed by atoms with Gasteiger partial charge in [-0.25, -0.2) is 0 Å². The van der Waals surface area contributed by atoms with Gasteiger partial charge in [-0.1, -0.05) is 124 Å². The van der Waals surface area contributed by atoms with Crippen LogP contribution in [0.1, 0.15) is 117 Å². The summed E-state index contributed by atoms with van der Waals surface area (Å²) in [6, 6.07) is 0. The maximum atomic E-state index is 3.90. The van der Waals surface area contributed by atoms with Gasteiger partial charge in [-0.3, -0.25) is 0 Å². The van der Waals surface area contributed by atoms with Gasteiger partial charge in [0.2, 0.25) is 0 Å². The fraction of sp³-hybridized carbons (Fsp3) is 0.950. The Morgan fingerprint density at radius 2 is 1.00 bits per heavy atom. The Hall–Kier alpha value is 0. The van der Waals surface area contributed by atoms with Crippen LogP contribution in [0.25, 0.3) is 0 Å². The molecule has 0 nitrogen and oxygen atoms in total. The molecule has 0 N–H and O–H groups in total. The predicted octanol–water partition coefficient (Wildman–Crippen LogP) is 7.72. The van der Waals surface area contributed by atoms with Crippen LogP contribution in [0.5, 0.6) is 0 Å². The Bertz CT molecular complexity index is 161. The first-order valence-corrected chi connectivity index (χ1v) is 9.60. The van der Waals surface area contributed by atoms with E-state index >= 15 is 0 Å². The van der Waals surface area contributed by atoms with Crippen LogP contribution >= 0.6 is 0 Å². The summed E-state index contributed by atoms with van der Waals surface area (Å²) in [5.41, 5.74) is 0. The molecule has 0 aliphatic rings. The van der Waals surface area contributed by atoms with Gasteiger partial charge >= 0.3 is 0 Å². The minimum atomic E-state index is 0.967. The molecule has 0 heterocycles. The fourth-order valence-electron chi connectivity index (χ4n) is 2.97. The van der Waals surface area contributed by atoms with Crippen LogP contribution in [0.3, 0.4) is 0 Å². The van der Waals surface area contributed by atoms with Crippen molar-refractivity contribution < 1.29 is 0 Å². The van der Waals surface area contributed by atoms with E-state index in [4.69, 9.17) is 0 Å². The zero-order chi connectivity index (χ0) is 14.9. The second-order valence-corrected chi connectivity index (χ2v) is 6.78. The van der Waals surface area contributed by atoms with Gasteiger partial charge in [0.25, 0.3) is 0 Å². The van der Waals surface area contributed by atoms with E-state index < -0.39 is 0 Å². The molecule has 0 aliphatic carbocycles. The molecular formula is C20H41. The number of hydrogen-bond acceptors (Lipinski definition) is 0. The average Bonchev–Trinajstić information content (AvgIpc) is 2.45. The first kappa shape index (κ1) is 20.0. The summed E-state index contributed by atoms with van der Waals surface area (Å²) in [6.07, 6.45) is 22.7. The van der Waals surface area contributed by atoms with Crippen LogP contribution in [-0.2, 0) is 0 Å². The van der Waals surface area contributed by atoms with E-state index in [2.05, 4.69) is 20.8 Å². The van der Waals surface area contributed by atoms with E-state index in [1.165, 1.54) is 96.3 Å². The molecule has 121 valence electrons. The lowest BCUT2D eigenvalue weighted by Gasteiger charge is -2.10. The van der Waals surface area contributed by atoms with Crippen LogP contribution in [-0.4, -0.2) is 0 Å². The predicted molar refractivity (Wildman–Crippen MR) is 94.1 cm³/mol. The zero-order valence-corrected chi connectivity index (χ0v) is 14.6. The summed E-state index contributed by atoms with van der Waals surface area (Å²) in [6.45, 7) is 8.64. The van der Waals surface area contributed by atoms with Crippen molar-refractivity contribution in [2.45, 2.75) is 117 Å². The number of unbranched alkanes of at least 4 members (excludes halogenated alkanes) is 12. The lowest BCUT2D eigenvalue weighted by Crippen LogP contribution is -1.95. The molecule has 0 spiro atoms. The molecule has 0 fully saturated rings. The number of hydrogen-bond donors (Lipinski definition) is 0. The molecule has 0 amide bonds. The summed E-state index contributed by atoms with van der Waals surface area (Å²) in [5.74, 6) is 0.967. The minimum absolute atomic E-state index is 0.967. The molecule has 0 aliphatic heterocycles. The molecule has 1 radical (unpaired) electrons. The highest BCUT2D eigenvalue weighted by molar-refractivity contribution is 4.55. The highest BCUT2D eigenvalue weighted by atomic mass is 14.1. The normalized spacial score (nSPS) is 12.8. The smallest absolute Gasteiger partial charge is 0.0443 e. The van der Waals surface area contributed by atoms with E-state index in [9.17, 15) is 0 Å². The van der Waals surface area contributed by atoms with Gasteiger partial charge in [0, 0.05) is 0 Å². The Labute approximate surface area is 130 Å². The van der Waals surface area contributed by atoms with Crippen molar-refractivity contribution >= 4 is 0 Å². The van der Waals surface area contributed by atoms with Crippen LogP contribution in [0.4, 0.5) is 0 Å². The van der Waals surface area contributed by atoms with Crippen molar-refractivity contribution in [3.63, 3.8) is 0 Å². The summed E-state index contributed by atoms with van der Waals surface area (Å²) < 4.78 is 0. The van der Waals surface area contributed by atoms with Crippen molar-refractivity contribution in [3.8, 4) is 0 Å². The van der Waals surface area contributed by atoms with Crippen LogP contribution in [0, 0.1) is 12.8 Å². The summed E-state index contributed by atoms with van der Waals surface area (Å²) >= 11 is 0. The van der Waals surface area contributed by atoms with Crippen LogP contribution in [0.2, 0.25) is 0 Å². The fourth-order valence-corrected chi connectivity index (χ4v) is 2.97. The van der Waals surface area contributed by atoms with Crippen LogP contribution in [0.15, 0.2) is 0 Å². The van der Waals surface area contributed by atoms with Gasteiger partial charge in [-0.15, -0.1) is 0 Å². The van der Waals surface area contributed by atoms with Gasteiger partial charge in [-0.2, -0.15) is 0 Å². The monoisotopic (exact) mass is 281 g/mol. The molecule has 0 rings (SSSR count). The first-order chi connectivity index (χ1) is 9.81. The SMILES string of the molecule is [CH2]CCCCCCCCCCCC(C)CCCCCC. The van der Waals surface area contributed by atoms with Gasteiger partial charge in [0.1, 0.15) is 0 Å². The lowest BCUT2D eigenvalue weighted by molar-refractivity contribution is 0.433. The Morgan fingerprint density at radius 3 is 1.45 bits per heavy atom. The molecule has 1 atom stereocenters. The molecule has 20 heavy (non-hydrogen) atoms. The van der Waals surface area contributed by atoms with Gasteiger partial charge in [0.05, 0.1) is 0 Å². The molecule has 0 aromatic rings. The van der Waals surface area contributed by atoms with Gasteiger partial charge in [-0.05, 0) is 5.92 Å². The highest BCUT2D eigenvalue weighted by Crippen LogP contribution is 2.18. The van der Waals surface area contributed by atoms with E-state index in [1.807, 2.05) is 0 Å². The zero-order valence-electron chi connectivity index (χ0n) is 14.6. The highest BCUT2D eigenvalue weighted by Gasteiger charge is 2.01. The molecule has 0 aromatic carbocycles. The summed E-state index contributed by atoms with van der Waals surface area (Å²) in [5, 5.41) is 0. The maximum absolute atomic E-state index is 3.90. The standard InChI is InChI=1S/C20H41/c1-4-6-8-10-11-12-13-14-15-17-19-20(3)18-16-9-7-5-2/h20H,1,4-19H2,2-3H3. The number of rotatable bonds is 16. The minimum Gasteiger partial charge on any atom is -0.0654 e. The molecule has 0 saturated heterocycles. The third kappa shape index (κ3) is 16.1.